The highest BCUT2D eigenvalue weighted by Crippen LogP contribution is 2.34. The number of methoxy groups -OCH3 is 2. The van der Waals surface area contributed by atoms with Gasteiger partial charge >= 0.3 is 5.97 Å². The molecule has 0 bridgehead atoms. The second-order valence-corrected chi connectivity index (χ2v) is 7.16. The van der Waals surface area contributed by atoms with E-state index < -0.39 is 12.1 Å². The summed E-state index contributed by atoms with van der Waals surface area (Å²) in [4.78, 5) is 26.2. The third-order valence-electron chi connectivity index (χ3n) is 5.23. The van der Waals surface area contributed by atoms with Gasteiger partial charge in [-0.15, -0.1) is 0 Å². The summed E-state index contributed by atoms with van der Waals surface area (Å²) in [5.41, 5.74) is 2.84. The van der Waals surface area contributed by atoms with Crippen LogP contribution in [0, 0.1) is 0 Å². The van der Waals surface area contributed by atoms with E-state index >= 15 is 0 Å². The molecule has 2 N–H and O–H groups in total. The summed E-state index contributed by atoms with van der Waals surface area (Å²) in [5.74, 6) is -0.0801. The summed E-state index contributed by atoms with van der Waals surface area (Å²) in [6.07, 6.45) is 1.32. The van der Waals surface area contributed by atoms with Crippen LogP contribution in [0.2, 0.25) is 0 Å². The van der Waals surface area contributed by atoms with Gasteiger partial charge in [-0.25, -0.2) is 4.79 Å². The van der Waals surface area contributed by atoms with Crippen LogP contribution in [0.4, 0.5) is 5.69 Å². The summed E-state index contributed by atoms with van der Waals surface area (Å²) in [7, 11) is 3.12. The number of hydrogen-bond donors (Lipinski definition) is 2. The van der Waals surface area contributed by atoms with Crippen molar-refractivity contribution in [2.24, 2.45) is 0 Å². The number of nitrogens with zero attached hydrogens (tertiary/aromatic N) is 1. The van der Waals surface area contributed by atoms with Crippen LogP contribution in [0.15, 0.2) is 78.5 Å². The number of carboxylic acid groups (broad SMARTS) is 1. The second-order valence-electron chi connectivity index (χ2n) is 7.16. The Morgan fingerprint density at radius 2 is 1.66 bits per heavy atom. The highest BCUT2D eigenvalue weighted by Gasteiger charge is 2.36. The van der Waals surface area contributed by atoms with Gasteiger partial charge in [0.05, 0.1) is 19.8 Å². The number of ether oxygens (including phenoxy) is 2. The largest absolute Gasteiger partial charge is 0.493 e. The fraction of sp³-hybridized carbons (Fsp3) is 0.120. The molecular weight excluding hydrogens is 408 g/mol. The maximum Gasteiger partial charge on any atom is 0.335 e. The lowest BCUT2D eigenvalue weighted by molar-refractivity contribution is -0.114. The first kappa shape index (κ1) is 21.0. The molecule has 7 nitrogen and oxygen atoms in total. The molecule has 32 heavy (non-hydrogen) atoms. The monoisotopic (exact) mass is 430 g/mol. The number of amides is 1. The van der Waals surface area contributed by atoms with Gasteiger partial charge in [-0.1, -0.05) is 36.4 Å². The fourth-order valence-electron chi connectivity index (χ4n) is 3.63. The van der Waals surface area contributed by atoms with Crippen LogP contribution in [-0.2, 0) is 4.79 Å². The van der Waals surface area contributed by atoms with Crippen LogP contribution in [0.1, 0.15) is 27.7 Å². The molecule has 1 heterocycles. The Bertz CT molecular complexity index is 1170. The predicted octanol–water partition coefficient (Wildman–Crippen LogP) is 4.08. The molecule has 1 amide bonds. The third kappa shape index (κ3) is 4.00. The Morgan fingerprint density at radius 1 is 0.969 bits per heavy atom. The molecule has 0 radical (unpaired) electrons. The molecule has 0 spiro atoms. The number of anilines is 1. The van der Waals surface area contributed by atoms with Crippen molar-refractivity contribution >= 4 is 23.6 Å². The van der Waals surface area contributed by atoms with Gasteiger partial charge in [-0.2, -0.15) is 0 Å². The van der Waals surface area contributed by atoms with Gasteiger partial charge in [0.1, 0.15) is 11.9 Å². The molecule has 1 saturated heterocycles. The summed E-state index contributed by atoms with van der Waals surface area (Å²) < 4.78 is 10.6. The average Bonchev–Trinajstić information content (AvgIpc) is 3.15. The number of aromatic carboxylic acids is 1. The van der Waals surface area contributed by atoms with E-state index in [4.69, 9.17) is 9.47 Å². The van der Waals surface area contributed by atoms with Crippen LogP contribution in [0.5, 0.6) is 11.5 Å². The van der Waals surface area contributed by atoms with E-state index in [2.05, 4.69) is 5.32 Å². The Labute approximate surface area is 185 Å². The summed E-state index contributed by atoms with van der Waals surface area (Å²) >= 11 is 0. The topological polar surface area (TPSA) is 88.1 Å². The molecule has 1 fully saturated rings. The van der Waals surface area contributed by atoms with Gasteiger partial charge in [0, 0.05) is 5.69 Å². The third-order valence-corrected chi connectivity index (χ3v) is 5.23. The van der Waals surface area contributed by atoms with E-state index in [-0.39, 0.29) is 11.5 Å². The number of rotatable bonds is 6. The van der Waals surface area contributed by atoms with E-state index in [1.54, 1.807) is 49.5 Å². The van der Waals surface area contributed by atoms with Gasteiger partial charge in [0.25, 0.3) is 5.91 Å². The Balaban J connectivity index is 1.74. The Kier molecular flexibility index (Phi) is 5.81. The summed E-state index contributed by atoms with van der Waals surface area (Å²) in [6.45, 7) is 0. The molecular formula is C25H22N2O5. The van der Waals surface area contributed by atoms with Gasteiger partial charge < -0.3 is 19.9 Å². The minimum Gasteiger partial charge on any atom is -0.493 e. The van der Waals surface area contributed by atoms with Crippen molar-refractivity contribution in [3.8, 4) is 11.5 Å². The number of carbonyl (C=O) groups excluding carboxylic acids is 1. The van der Waals surface area contributed by atoms with Crippen molar-refractivity contribution in [2.45, 2.75) is 6.17 Å². The minimum absolute atomic E-state index is 0.158. The quantitative estimate of drug-likeness (QED) is 0.573. The van der Waals surface area contributed by atoms with Crippen LogP contribution < -0.4 is 19.7 Å². The zero-order valence-corrected chi connectivity index (χ0v) is 17.6. The van der Waals surface area contributed by atoms with Gasteiger partial charge in [0.15, 0.2) is 11.5 Å². The van der Waals surface area contributed by atoms with E-state index in [9.17, 15) is 14.7 Å². The molecule has 162 valence electrons. The normalized spacial score (nSPS) is 16.7. The summed E-state index contributed by atoms with van der Waals surface area (Å²) in [5, 5.41) is 12.5. The molecule has 0 aromatic heterocycles. The highest BCUT2D eigenvalue weighted by atomic mass is 16.5. The predicted molar refractivity (Wildman–Crippen MR) is 121 cm³/mol. The van der Waals surface area contributed by atoms with E-state index in [1.165, 1.54) is 12.1 Å². The van der Waals surface area contributed by atoms with Crippen LogP contribution in [0.25, 0.3) is 6.08 Å². The molecule has 1 aliphatic rings. The van der Waals surface area contributed by atoms with E-state index in [0.29, 0.717) is 22.9 Å². The highest BCUT2D eigenvalue weighted by molar-refractivity contribution is 6.11. The van der Waals surface area contributed by atoms with E-state index in [1.807, 2.05) is 36.4 Å². The van der Waals surface area contributed by atoms with Crippen molar-refractivity contribution in [3.05, 3.63) is 95.2 Å². The minimum atomic E-state index is -1.02. The lowest BCUT2D eigenvalue weighted by Gasteiger charge is -2.24. The van der Waals surface area contributed by atoms with Crippen LogP contribution in [0.3, 0.4) is 0 Å². The van der Waals surface area contributed by atoms with Crippen molar-refractivity contribution in [1.82, 2.24) is 5.32 Å². The molecule has 1 unspecified atom stereocenters. The second kappa shape index (κ2) is 8.85. The van der Waals surface area contributed by atoms with E-state index in [0.717, 1.165) is 11.1 Å². The van der Waals surface area contributed by atoms with Gasteiger partial charge in [-0.3, -0.25) is 9.69 Å². The molecule has 3 aromatic carbocycles. The molecule has 1 aliphatic heterocycles. The average molecular weight is 430 g/mol. The van der Waals surface area contributed by atoms with Gasteiger partial charge in [-0.05, 0) is 53.6 Å². The van der Waals surface area contributed by atoms with Gasteiger partial charge in [0.2, 0.25) is 0 Å². The first-order valence-corrected chi connectivity index (χ1v) is 9.94. The van der Waals surface area contributed by atoms with Crippen molar-refractivity contribution in [2.75, 3.05) is 19.1 Å². The number of hydrogen-bond acceptors (Lipinski definition) is 5. The molecule has 1 atom stereocenters. The molecule has 3 aromatic rings. The van der Waals surface area contributed by atoms with Crippen LogP contribution >= 0.6 is 0 Å². The number of benzene rings is 3. The Hall–Kier alpha value is -4.26. The zero-order valence-electron chi connectivity index (χ0n) is 17.6. The lowest BCUT2D eigenvalue weighted by atomic mass is 10.1. The number of nitrogens with one attached hydrogen (secondary N) is 1. The molecule has 7 heteroatoms. The maximum absolute atomic E-state index is 13.4. The molecule has 0 aliphatic carbocycles. The standard InChI is InChI=1S/C25H22N2O5/c1-31-21-13-8-16(15-22(21)32-2)14-20-24(28)27(19-11-9-18(10-12-19)25(29)30)23(26-20)17-6-4-3-5-7-17/h3-15,23,26H,1-2H3,(H,29,30)/b20-14-. The first-order valence-electron chi connectivity index (χ1n) is 9.94. The summed E-state index contributed by atoms with van der Waals surface area (Å²) in [6, 6.07) is 21.3. The lowest BCUT2D eigenvalue weighted by Crippen LogP contribution is -2.30. The molecule has 0 saturated carbocycles. The van der Waals surface area contributed by atoms with Crippen molar-refractivity contribution in [1.29, 1.82) is 0 Å². The smallest absolute Gasteiger partial charge is 0.335 e. The number of carbonyl (C=O) groups is 2. The van der Waals surface area contributed by atoms with Crippen LogP contribution in [-0.4, -0.2) is 31.2 Å². The molecule has 4 rings (SSSR count). The van der Waals surface area contributed by atoms with Crippen molar-refractivity contribution in [3.63, 3.8) is 0 Å². The fourth-order valence-corrected chi connectivity index (χ4v) is 3.63. The Morgan fingerprint density at radius 3 is 2.28 bits per heavy atom. The van der Waals surface area contributed by atoms with Crippen molar-refractivity contribution < 1.29 is 24.2 Å². The first-order chi connectivity index (χ1) is 15.5. The zero-order chi connectivity index (χ0) is 22.7. The maximum atomic E-state index is 13.4. The SMILES string of the molecule is COc1ccc(/C=C2\NC(c3ccccc3)N(c3ccc(C(=O)O)cc3)C2=O)cc1OC. The number of carboxylic acids is 1.